The number of hydrogen-bond acceptors (Lipinski definition) is 9. The molecule has 10 heteroatoms. The van der Waals surface area contributed by atoms with Crippen molar-refractivity contribution in [3.63, 3.8) is 0 Å². The van der Waals surface area contributed by atoms with Crippen molar-refractivity contribution in [1.29, 1.82) is 0 Å². The maximum atomic E-state index is 11.5. The Bertz CT molecular complexity index is 474. The van der Waals surface area contributed by atoms with Crippen LogP contribution in [0.1, 0.15) is 32.1 Å². The Morgan fingerprint density at radius 2 is 1.33 bits per heavy atom. The highest BCUT2D eigenvalue weighted by Crippen LogP contribution is 2.15. The van der Waals surface area contributed by atoms with E-state index in [1.165, 1.54) is 0 Å². The zero-order valence-corrected chi connectivity index (χ0v) is 16.3. The van der Waals surface area contributed by atoms with Gasteiger partial charge in [0.15, 0.2) is 0 Å². The van der Waals surface area contributed by atoms with Crippen molar-refractivity contribution in [2.75, 3.05) is 31.9 Å². The predicted molar refractivity (Wildman–Crippen MR) is 105 cm³/mol. The number of thiol groups is 1. The predicted octanol–water partition coefficient (Wildman–Crippen LogP) is -1.61. The van der Waals surface area contributed by atoms with Crippen LogP contribution in [0.2, 0.25) is 0 Å². The lowest BCUT2D eigenvalue weighted by molar-refractivity contribution is -0.127. The number of rotatable bonds is 18. The summed E-state index contributed by atoms with van der Waals surface area (Å²) in [6.45, 7) is 1.46. The summed E-state index contributed by atoms with van der Waals surface area (Å²) in [5.41, 5.74) is 2.43. The van der Waals surface area contributed by atoms with Crippen LogP contribution in [0.4, 0.5) is 0 Å². The van der Waals surface area contributed by atoms with Crippen molar-refractivity contribution in [3.05, 3.63) is 0 Å². The van der Waals surface area contributed by atoms with Gasteiger partial charge in [-0.25, -0.2) is 0 Å². The Morgan fingerprint density at radius 1 is 0.852 bits per heavy atom. The lowest BCUT2D eigenvalue weighted by atomic mass is 9.87. The Balaban J connectivity index is 4.63. The molecule has 1 amide bonds. The van der Waals surface area contributed by atoms with Crippen LogP contribution in [-0.4, -0.2) is 74.1 Å². The van der Waals surface area contributed by atoms with Gasteiger partial charge in [0.25, 0.3) is 0 Å². The number of hydrogen-bond donors (Lipinski definition) is 5. The van der Waals surface area contributed by atoms with Gasteiger partial charge < -0.3 is 30.2 Å². The van der Waals surface area contributed by atoms with E-state index in [1.54, 1.807) is 0 Å². The van der Waals surface area contributed by atoms with Crippen LogP contribution in [0.25, 0.3) is 0 Å². The molecule has 27 heavy (non-hydrogen) atoms. The van der Waals surface area contributed by atoms with Gasteiger partial charge in [-0.2, -0.15) is 12.6 Å². The molecule has 0 atom stereocenters. The van der Waals surface area contributed by atoms with E-state index >= 15 is 0 Å². The van der Waals surface area contributed by atoms with Crippen LogP contribution in [-0.2, 0) is 24.0 Å². The van der Waals surface area contributed by atoms with Crippen LogP contribution in [0.15, 0.2) is 0 Å². The number of aldehydes is 4. The normalized spacial score (nSPS) is 11.6. The molecular weight excluding hydrogens is 372 g/mol. The molecule has 154 valence electrons. The Morgan fingerprint density at radius 3 is 1.74 bits per heavy atom. The first-order valence-corrected chi connectivity index (χ1v) is 9.53. The maximum Gasteiger partial charge on any atom is 0.220 e. The summed E-state index contributed by atoms with van der Waals surface area (Å²) in [7, 11) is 0. The Kier molecular flexibility index (Phi) is 13.6. The molecule has 0 aromatic rings. The zero-order chi connectivity index (χ0) is 20.6. The van der Waals surface area contributed by atoms with Crippen molar-refractivity contribution in [3.8, 4) is 0 Å². The quantitative estimate of drug-likeness (QED) is 0.0796. The van der Waals surface area contributed by atoms with Gasteiger partial charge in [-0.05, 0) is 51.1 Å². The molecule has 0 fully saturated rings. The summed E-state index contributed by atoms with van der Waals surface area (Å²) in [6, 6.07) is 0. The van der Waals surface area contributed by atoms with E-state index < -0.39 is 11.1 Å². The average molecular weight is 403 g/mol. The van der Waals surface area contributed by atoms with Gasteiger partial charge in [-0.3, -0.25) is 15.4 Å². The Labute approximate surface area is 165 Å². The van der Waals surface area contributed by atoms with Crippen LogP contribution in [0, 0.1) is 0 Å². The number of carbonyl (C=O) groups excluding carboxylic acids is 5. The molecule has 0 aliphatic carbocycles. The molecule has 0 aromatic heterocycles. The summed E-state index contributed by atoms with van der Waals surface area (Å²) in [5.74, 6) is 0.338. The van der Waals surface area contributed by atoms with Gasteiger partial charge >= 0.3 is 0 Å². The third-order valence-electron chi connectivity index (χ3n) is 4.10. The highest BCUT2D eigenvalue weighted by molar-refractivity contribution is 7.80. The first kappa shape index (κ1) is 25.4. The first-order valence-electron chi connectivity index (χ1n) is 8.90. The average Bonchev–Trinajstić information content (AvgIpc) is 2.69. The van der Waals surface area contributed by atoms with Crippen molar-refractivity contribution in [2.24, 2.45) is 5.73 Å². The molecule has 5 N–H and O–H groups in total. The van der Waals surface area contributed by atoms with Gasteiger partial charge in [0, 0.05) is 13.0 Å². The summed E-state index contributed by atoms with van der Waals surface area (Å²) >= 11 is 3.96. The van der Waals surface area contributed by atoms with E-state index in [9.17, 15) is 24.0 Å². The fourth-order valence-corrected chi connectivity index (χ4v) is 2.50. The fraction of sp³-hybridized carbons (Fsp3) is 0.706. The van der Waals surface area contributed by atoms with Crippen LogP contribution in [0.3, 0.4) is 0 Å². The fourth-order valence-electron chi connectivity index (χ4n) is 2.30. The molecular formula is C17H30N4O5S. The molecule has 0 aromatic carbocycles. The second kappa shape index (κ2) is 14.4. The van der Waals surface area contributed by atoms with E-state index in [0.29, 0.717) is 76.3 Å². The second-order valence-corrected chi connectivity index (χ2v) is 6.67. The van der Waals surface area contributed by atoms with Crippen molar-refractivity contribution in [2.45, 2.75) is 43.2 Å². The molecule has 0 radical (unpaired) electrons. The number of amides is 1. The van der Waals surface area contributed by atoms with E-state index in [4.69, 9.17) is 5.73 Å². The monoisotopic (exact) mass is 402 g/mol. The van der Waals surface area contributed by atoms with Gasteiger partial charge in [0.05, 0.1) is 0 Å². The largest absolute Gasteiger partial charge is 0.356 e. The van der Waals surface area contributed by atoms with E-state index in [0.717, 1.165) is 0 Å². The van der Waals surface area contributed by atoms with Gasteiger partial charge in [-0.1, -0.05) is 0 Å². The zero-order valence-electron chi connectivity index (χ0n) is 15.4. The molecule has 0 aliphatic heterocycles. The lowest BCUT2D eigenvalue weighted by Crippen LogP contribution is -2.54. The first-order chi connectivity index (χ1) is 13.0. The lowest BCUT2D eigenvalue weighted by Gasteiger charge is -2.29. The molecule has 0 saturated heterocycles. The highest BCUT2D eigenvalue weighted by Gasteiger charge is 2.35. The highest BCUT2D eigenvalue weighted by atomic mass is 32.1. The summed E-state index contributed by atoms with van der Waals surface area (Å²) in [4.78, 5) is 57.1. The minimum Gasteiger partial charge on any atom is -0.356 e. The van der Waals surface area contributed by atoms with Gasteiger partial charge in [0.1, 0.15) is 36.2 Å². The topological polar surface area (TPSA) is 147 Å². The van der Waals surface area contributed by atoms with Crippen LogP contribution >= 0.6 is 12.6 Å². The molecule has 0 aliphatic rings. The van der Waals surface area contributed by atoms with Crippen LogP contribution < -0.4 is 21.7 Å². The number of carbonyl (C=O) groups is 5. The molecule has 9 nitrogen and oxygen atoms in total. The van der Waals surface area contributed by atoms with E-state index in [1.807, 2.05) is 0 Å². The van der Waals surface area contributed by atoms with Gasteiger partial charge in [-0.15, -0.1) is 0 Å². The minimum absolute atomic E-state index is 0.0201. The summed E-state index contributed by atoms with van der Waals surface area (Å²) in [5, 5.41) is 8.36. The third kappa shape index (κ3) is 9.76. The maximum absolute atomic E-state index is 11.5. The van der Waals surface area contributed by atoms with Crippen molar-refractivity contribution < 1.29 is 24.0 Å². The second-order valence-electron chi connectivity index (χ2n) is 6.23. The molecule has 0 saturated carbocycles. The van der Waals surface area contributed by atoms with Gasteiger partial charge in [0.2, 0.25) is 5.91 Å². The van der Waals surface area contributed by atoms with E-state index in [2.05, 4.69) is 28.6 Å². The summed E-state index contributed by atoms with van der Waals surface area (Å²) in [6.07, 6.45) is 3.25. The SMILES string of the molecule is NCCCNC(C=O)(C=O)CCC(C=O)(C=O)NCCCNC(=O)CCS. The Hall–Kier alpha value is -1.62. The molecule has 0 bridgehead atoms. The third-order valence-corrected chi connectivity index (χ3v) is 4.32. The van der Waals surface area contributed by atoms with Crippen molar-refractivity contribution >= 4 is 43.7 Å². The smallest absolute Gasteiger partial charge is 0.220 e. The van der Waals surface area contributed by atoms with E-state index in [-0.39, 0.29) is 18.7 Å². The molecule has 0 rings (SSSR count). The molecule has 0 heterocycles. The number of nitrogens with one attached hydrogen (secondary N) is 3. The van der Waals surface area contributed by atoms with Crippen LogP contribution in [0.5, 0.6) is 0 Å². The van der Waals surface area contributed by atoms with Crippen molar-refractivity contribution in [1.82, 2.24) is 16.0 Å². The molecule has 0 unspecified atom stereocenters. The molecule has 0 spiro atoms. The summed E-state index contributed by atoms with van der Waals surface area (Å²) < 4.78 is 0. The minimum atomic E-state index is -1.50. The standard InChI is InChI=1S/C17H30N4O5S/c18-6-1-8-20-16(11-22,12-23)4-5-17(13-24,14-25)21-9-2-7-19-15(26)3-10-27/h11-14,20-21,27H,1-10,18H2,(H,19,26). The number of nitrogens with two attached hydrogens (primary N) is 1.